The van der Waals surface area contributed by atoms with E-state index in [9.17, 15) is 23.9 Å². The lowest BCUT2D eigenvalue weighted by molar-refractivity contribution is -0.143. The highest BCUT2D eigenvalue weighted by Crippen LogP contribution is 2.45. The molecule has 0 bridgehead atoms. The molecule has 3 aromatic rings. The van der Waals surface area contributed by atoms with Gasteiger partial charge in [-0.25, -0.2) is 9.18 Å². The molecule has 0 atom stereocenters. The first-order chi connectivity index (χ1) is 16.9. The van der Waals surface area contributed by atoms with E-state index in [2.05, 4.69) is 10.6 Å². The van der Waals surface area contributed by atoms with Crippen LogP contribution in [0.4, 0.5) is 14.9 Å². The standard InChI is InChI=1S/C27H23FN2O5/c28-16-9-10-23(21(13-16)24(31)29-15-27(11-12-27)25(32)33)30-26(34)35-14-22-19-7-3-1-5-17(19)18-6-2-4-8-20(18)22/h1-10,13,22H,11-12,14-15H2,(H,29,31)(H,30,34)(H,32,33). The highest BCUT2D eigenvalue weighted by Gasteiger charge is 2.50. The number of carboxylic acid groups (broad SMARTS) is 1. The minimum atomic E-state index is -0.978. The van der Waals surface area contributed by atoms with Crippen LogP contribution in [-0.4, -0.2) is 36.2 Å². The Kier molecular flexibility index (Phi) is 5.72. The van der Waals surface area contributed by atoms with Gasteiger partial charge in [-0.15, -0.1) is 0 Å². The predicted molar refractivity (Wildman–Crippen MR) is 127 cm³/mol. The Morgan fingerprint density at radius 2 is 1.60 bits per heavy atom. The number of carbonyl (C=O) groups excluding carboxylic acids is 2. The average Bonchev–Trinajstić information content (AvgIpc) is 3.59. The molecular formula is C27H23FN2O5. The summed E-state index contributed by atoms with van der Waals surface area (Å²) in [7, 11) is 0. The zero-order chi connectivity index (χ0) is 24.6. The van der Waals surface area contributed by atoms with Gasteiger partial charge in [-0.2, -0.15) is 0 Å². The molecule has 0 aromatic heterocycles. The highest BCUT2D eigenvalue weighted by molar-refractivity contribution is 6.03. The maximum atomic E-state index is 13.9. The Labute approximate surface area is 200 Å². The summed E-state index contributed by atoms with van der Waals surface area (Å²) in [5.74, 6) is -2.44. The number of rotatable bonds is 7. The summed E-state index contributed by atoms with van der Waals surface area (Å²) in [6, 6.07) is 19.3. The van der Waals surface area contributed by atoms with E-state index in [4.69, 9.17) is 4.74 Å². The lowest BCUT2D eigenvalue weighted by Crippen LogP contribution is -2.34. The highest BCUT2D eigenvalue weighted by atomic mass is 19.1. The van der Waals surface area contributed by atoms with Crippen molar-refractivity contribution < 1.29 is 28.6 Å². The van der Waals surface area contributed by atoms with E-state index in [-0.39, 0.29) is 30.3 Å². The van der Waals surface area contributed by atoms with Crippen LogP contribution in [0.1, 0.15) is 40.2 Å². The van der Waals surface area contributed by atoms with E-state index in [1.54, 1.807) is 0 Å². The fraction of sp³-hybridized carbons (Fsp3) is 0.222. The third kappa shape index (κ3) is 4.35. The van der Waals surface area contributed by atoms with Gasteiger partial charge in [0.25, 0.3) is 5.91 Å². The molecule has 1 saturated carbocycles. The minimum Gasteiger partial charge on any atom is -0.481 e. The topological polar surface area (TPSA) is 105 Å². The maximum absolute atomic E-state index is 13.9. The first-order valence-corrected chi connectivity index (χ1v) is 11.3. The van der Waals surface area contributed by atoms with Crippen LogP contribution in [0.25, 0.3) is 11.1 Å². The molecular weight excluding hydrogens is 451 g/mol. The van der Waals surface area contributed by atoms with Crippen molar-refractivity contribution in [3.8, 4) is 11.1 Å². The summed E-state index contributed by atoms with van der Waals surface area (Å²) in [5.41, 5.74) is 3.32. The summed E-state index contributed by atoms with van der Waals surface area (Å²) >= 11 is 0. The van der Waals surface area contributed by atoms with Crippen LogP contribution in [0.2, 0.25) is 0 Å². The van der Waals surface area contributed by atoms with Gasteiger partial charge in [0.2, 0.25) is 0 Å². The van der Waals surface area contributed by atoms with Gasteiger partial charge in [-0.05, 0) is 53.3 Å². The van der Waals surface area contributed by atoms with Gasteiger partial charge in [-0.3, -0.25) is 14.9 Å². The Bertz CT molecular complexity index is 1290. The summed E-state index contributed by atoms with van der Waals surface area (Å²) in [6.45, 7) is 0.0196. The molecule has 35 heavy (non-hydrogen) atoms. The Hall–Kier alpha value is -4.20. The van der Waals surface area contributed by atoms with Gasteiger partial charge in [-0.1, -0.05) is 48.5 Å². The Morgan fingerprint density at radius 3 is 2.20 bits per heavy atom. The normalized spacial score (nSPS) is 15.0. The van der Waals surface area contributed by atoms with Crippen LogP contribution >= 0.6 is 0 Å². The average molecular weight is 474 g/mol. The second-order valence-electron chi connectivity index (χ2n) is 8.91. The third-order valence-corrected chi connectivity index (χ3v) is 6.70. The fourth-order valence-electron chi connectivity index (χ4n) is 4.52. The van der Waals surface area contributed by atoms with E-state index in [1.807, 2.05) is 48.5 Å². The molecule has 0 saturated heterocycles. The van der Waals surface area contributed by atoms with Crippen molar-refractivity contribution in [3.05, 3.63) is 89.2 Å². The number of halogens is 1. The summed E-state index contributed by atoms with van der Waals surface area (Å²) in [6.07, 6.45) is 0.157. The molecule has 0 aliphatic heterocycles. The van der Waals surface area contributed by atoms with Crippen molar-refractivity contribution in [1.29, 1.82) is 0 Å². The van der Waals surface area contributed by atoms with Gasteiger partial charge < -0.3 is 15.2 Å². The number of nitrogens with one attached hydrogen (secondary N) is 2. The molecule has 0 spiro atoms. The molecule has 3 aromatic carbocycles. The van der Waals surface area contributed by atoms with Crippen LogP contribution in [-0.2, 0) is 9.53 Å². The second kappa shape index (κ2) is 8.87. The maximum Gasteiger partial charge on any atom is 0.411 e. The number of aliphatic carboxylic acids is 1. The van der Waals surface area contributed by atoms with Crippen molar-refractivity contribution >= 4 is 23.7 Å². The number of ether oxygens (including phenoxy) is 1. The van der Waals surface area contributed by atoms with Gasteiger partial charge in [0, 0.05) is 12.5 Å². The van der Waals surface area contributed by atoms with E-state index < -0.39 is 29.2 Å². The summed E-state index contributed by atoms with van der Waals surface area (Å²) < 4.78 is 19.4. The molecule has 0 radical (unpaired) electrons. The lowest BCUT2D eigenvalue weighted by atomic mass is 9.98. The van der Waals surface area contributed by atoms with Crippen molar-refractivity contribution in [2.24, 2.45) is 5.41 Å². The number of amides is 2. The van der Waals surface area contributed by atoms with Crippen molar-refractivity contribution in [2.45, 2.75) is 18.8 Å². The minimum absolute atomic E-state index is 0.0674. The molecule has 178 valence electrons. The first kappa shape index (κ1) is 22.6. The van der Waals surface area contributed by atoms with Crippen LogP contribution in [0.15, 0.2) is 66.7 Å². The Balaban J connectivity index is 1.27. The molecule has 2 aliphatic carbocycles. The van der Waals surface area contributed by atoms with E-state index in [0.717, 1.165) is 34.4 Å². The second-order valence-corrected chi connectivity index (χ2v) is 8.91. The molecule has 2 aliphatic rings. The number of hydrogen-bond acceptors (Lipinski definition) is 4. The van der Waals surface area contributed by atoms with Crippen LogP contribution < -0.4 is 10.6 Å². The smallest absolute Gasteiger partial charge is 0.411 e. The van der Waals surface area contributed by atoms with Crippen molar-refractivity contribution in [1.82, 2.24) is 5.32 Å². The molecule has 8 heteroatoms. The molecule has 1 fully saturated rings. The van der Waals surface area contributed by atoms with Crippen LogP contribution in [0, 0.1) is 11.2 Å². The Morgan fingerprint density at radius 1 is 0.971 bits per heavy atom. The zero-order valence-electron chi connectivity index (χ0n) is 18.7. The van der Waals surface area contributed by atoms with Gasteiger partial charge >= 0.3 is 12.1 Å². The van der Waals surface area contributed by atoms with E-state index >= 15 is 0 Å². The molecule has 2 amide bonds. The first-order valence-electron chi connectivity index (χ1n) is 11.3. The quantitative estimate of drug-likeness (QED) is 0.457. The van der Waals surface area contributed by atoms with Crippen molar-refractivity contribution in [2.75, 3.05) is 18.5 Å². The lowest BCUT2D eigenvalue weighted by Gasteiger charge is -2.16. The monoisotopic (exact) mass is 474 g/mol. The molecule has 7 nitrogen and oxygen atoms in total. The van der Waals surface area contributed by atoms with Gasteiger partial charge in [0.1, 0.15) is 12.4 Å². The number of benzene rings is 3. The number of carboxylic acids is 1. The van der Waals surface area contributed by atoms with Crippen LogP contribution in [0.3, 0.4) is 0 Å². The zero-order valence-corrected chi connectivity index (χ0v) is 18.7. The SMILES string of the molecule is O=C(Nc1ccc(F)cc1C(=O)NCC1(C(=O)O)CC1)OCC1c2ccccc2-c2ccccc21. The number of hydrogen-bond donors (Lipinski definition) is 3. The molecule has 5 rings (SSSR count). The largest absolute Gasteiger partial charge is 0.481 e. The van der Waals surface area contributed by atoms with Gasteiger partial charge in [0.15, 0.2) is 0 Å². The summed E-state index contributed by atoms with van der Waals surface area (Å²) in [5, 5.41) is 14.4. The predicted octanol–water partition coefficient (Wildman–Crippen LogP) is 4.78. The fourth-order valence-corrected chi connectivity index (χ4v) is 4.52. The third-order valence-electron chi connectivity index (χ3n) is 6.70. The molecule has 0 unspecified atom stereocenters. The molecule has 3 N–H and O–H groups in total. The van der Waals surface area contributed by atoms with E-state index in [0.29, 0.717) is 12.8 Å². The van der Waals surface area contributed by atoms with E-state index in [1.165, 1.54) is 6.07 Å². The number of carbonyl (C=O) groups is 3. The molecule has 0 heterocycles. The van der Waals surface area contributed by atoms with Gasteiger partial charge in [0.05, 0.1) is 16.7 Å². The van der Waals surface area contributed by atoms with Crippen molar-refractivity contribution in [3.63, 3.8) is 0 Å². The number of anilines is 1. The summed E-state index contributed by atoms with van der Waals surface area (Å²) in [4.78, 5) is 36.7. The van der Waals surface area contributed by atoms with Crippen LogP contribution in [0.5, 0.6) is 0 Å². The number of fused-ring (bicyclic) bond motifs is 3.